The van der Waals surface area contributed by atoms with Crippen LogP contribution in [-0.2, 0) is 6.54 Å². The molecule has 0 unspecified atom stereocenters. The summed E-state index contributed by atoms with van der Waals surface area (Å²) >= 11 is 6.41. The van der Waals surface area contributed by atoms with Gasteiger partial charge in [0.25, 0.3) is 5.91 Å². The van der Waals surface area contributed by atoms with Gasteiger partial charge in [0.05, 0.1) is 10.6 Å². The number of amides is 1. The number of carbonyl (C=O) groups is 1. The first-order valence-electron chi connectivity index (χ1n) is 6.23. The quantitative estimate of drug-likeness (QED) is 0.722. The molecule has 1 amide bonds. The zero-order chi connectivity index (χ0) is 14.7. The van der Waals surface area contributed by atoms with Crippen molar-refractivity contribution in [3.63, 3.8) is 0 Å². The predicted octanol–water partition coefficient (Wildman–Crippen LogP) is 4.56. The Morgan fingerprint density at radius 1 is 1.33 bits per heavy atom. The highest BCUT2D eigenvalue weighted by atomic mass is 79.9. The number of carbonyl (C=O) groups excluding carboxylic acids is 1. The Labute approximate surface area is 138 Å². The molecule has 3 aromatic rings. The Kier molecular flexibility index (Phi) is 4.48. The highest BCUT2D eigenvalue weighted by Gasteiger charge is 2.11. The molecule has 3 heterocycles. The molecule has 3 aromatic heterocycles. The number of halogens is 1. The first kappa shape index (κ1) is 14.4. The van der Waals surface area contributed by atoms with Gasteiger partial charge in [0, 0.05) is 33.5 Å². The Hall–Kier alpha value is -1.50. The van der Waals surface area contributed by atoms with Gasteiger partial charge < -0.3 is 5.32 Å². The van der Waals surface area contributed by atoms with E-state index in [-0.39, 0.29) is 5.91 Å². The molecule has 0 aliphatic rings. The zero-order valence-corrected chi connectivity index (χ0v) is 14.1. The first-order chi connectivity index (χ1) is 10.2. The molecule has 3 nitrogen and oxygen atoms in total. The largest absolute Gasteiger partial charge is 0.347 e. The van der Waals surface area contributed by atoms with Crippen molar-refractivity contribution in [3.8, 4) is 11.3 Å². The van der Waals surface area contributed by atoms with Crippen LogP contribution < -0.4 is 5.32 Å². The van der Waals surface area contributed by atoms with E-state index in [1.165, 1.54) is 11.3 Å². The summed E-state index contributed by atoms with van der Waals surface area (Å²) < 4.78 is 0.929. The summed E-state index contributed by atoms with van der Waals surface area (Å²) in [5.74, 6) is -0.0641. The van der Waals surface area contributed by atoms with Gasteiger partial charge in [-0.1, -0.05) is 6.07 Å². The van der Waals surface area contributed by atoms with Crippen LogP contribution in [-0.4, -0.2) is 10.9 Å². The summed E-state index contributed by atoms with van der Waals surface area (Å²) in [5.41, 5.74) is 3.02. The third kappa shape index (κ3) is 3.40. The number of rotatable bonds is 4. The van der Waals surface area contributed by atoms with Gasteiger partial charge in [-0.2, -0.15) is 11.3 Å². The molecule has 0 radical (unpaired) electrons. The van der Waals surface area contributed by atoms with Gasteiger partial charge in [0.15, 0.2) is 0 Å². The minimum atomic E-state index is -0.0641. The lowest BCUT2D eigenvalue weighted by molar-refractivity contribution is 0.0955. The summed E-state index contributed by atoms with van der Waals surface area (Å²) in [5, 5.41) is 8.93. The summed E-state index contributed by atoms with van der Waals surface area (Å²) in [4.78, 5) is 17.2. The van der Waals surface area contributed by atoms with Gasteiger partial charge in [-0.05, 0) is 45.1 Å². The molecule has 3 rings (SSSR count). The van der Waals surface area contributed by atoms with E-state index in [0.29, 0.717) is 11.4 Å². The van der Waals surface area contributed by atoms with Crippen molar-refractivity contribution in [2.24, 2.45) is 0 Å². The van der Waals surface area contributed by atoms with Crippen molar-refractivity contribution in [3.05, 3.63) is 61.5 Å². The maximum absolute atomic E-state index is 12.1. The summed E-state index contributed by atoms with van der Waals surface area (Å²) in [6.07, 6.45) is 1.77. The number of pyridine rings is 1. The molecule has 0 aromatic carbocycles. The van der Waals surface area contributed by atoms with Gasteiger partial charge in [0.1, 0.15) is 0 Å². The van der Waals surface area contributed by atoms with E-state index in [2.05, 4.69) is 31.6 Å². The van der Waals surface area contributed by atoms with Crippen LogP contribution in [0.5, 0.6) is 0 Å². The Bertz CT molecular complexity index is 753. The highest BCUT2D eigenvalue weighted by Crippen LogP contribution is 2.24. The van der Waals surface area contributed by atoms with Crippen LogP contribution in [0.1, 0.15) is 15.2 Å². The van der Waals surface area contributed by atoms with Crippen LogP contribution in [0.3, 0.4) is 0 Å². The Morgan fingerprint density at radius 2 is 2.24 bits per heavy atom. The van der Waals surface area contributed by atoms with E-state index in [1.807, 2.05) is 35.0 Å². The molecule has 0 aliphatic heterocycles. The third-order valence-corrected chi connectivity index (χ3v) is 5.29. The molecule has 6 heteroatoms. The lowest BCUT2D eigenvalue weighted by Gasteiger charge is -2.08. The molecular weight excluding hydrogens is 368 g/mol. The van der Waals surface area contributed by atoms with Crippen molar-refractivity contribution in [2.75, 3.05) is 0 Å². The zero-order valence-electron chi connectivity index (χ0n) is 10.9. The summed E-state index contributed by atoms with van der Waals surface area (Å²) in [6, 6.07) is 7.74. The molecule has 21 heavy (non-hydrogen) atoms. The van der Waals surface area contributed by atoms with Gasteiger partial charge in [-0.15, -0.1) is 11.3 Å². The molecule has 1 N–H and O–H groups in total. The summed E-state index contributed by atoms with van der Waals surface area (Å²) in [6.45, 7) is 0.466. The van der Waals surface area contributed by atoms with Crippen molar-refractivity contribution >= 4 is 44.5 Å². The van der Waals surface area contributed by atoms with Crippen molar-refractivity contribution in [2.45, 2.75) is 6.54 Å². The fourth-order valence-electron chi connectivity index (χ4n) is 1.94. The van der Waals surface area contributed by atoms with Crippen LogP contribution in [0.4, 0.5) is 0 Å². The predicted molar refractivity (Wildman–Crippen MR) is 90.7 cm³/mol. The standard InChI is InChI=1S/C15H11BrN2OS2/c16-12-6-13(21-9-12)15(19)18-7-10-2-1-4-17-14(10)11-3-5-20-8-11/h1-6,8-9H,7H2,(H,18,19). The van der Waals surface area contributed by atoms with E-state index < -0.39 is 0 Å². The monoisotopic (exact) mass is 378 g/mol. The average Bonchev–Trinajstić information content (AvgIpc) is 3.16. The smallest absolute Gasteiger partial charge is 0.261 e. The second-order valence-electron chi connectivity index (χ2n) is 4.34. The Balaban J connectivity index is 1.75. The minimum absolute atomic E-state index is 0.0641. The van der Waals surface area contributed by atoms with Crippen LogP contribution in [0, 0.1) is 0 Å². The molecular formula is C15H11BrN2OS2. The normalized spacial score (nSPS) is 10.5. The number of nitrogens with one attached hydrogen (secondary N) is 1. The SMILES string of the molecule is O=C(NCc1cccnc1-c1ccsc1)c1cc(Br)cs1. The Morgan fingerprint density at radius 3 is 2.95 bits per heavy atom. The summed E-state index contributed by atoms with van der Waals surface area (Å²) in [7, 11) is 0. The minimum Gasteiger partial charge on any atom is -0.347 e. The van der Waals surface area contributed by atoms with Crippen molar-refractivity contribution in [1.82, 2.24) is 10.3 Å². The lowest BCUT2D eigenvalue weighted by atomic mass is 10.1. The second-order valence-corrected chi connectivity index (χ2v) is 6.94. The number of hydrogen-bond donors (Lipinski definition) is 1. The fourth-order valence-corrected chi connectivity index (χ4v) is 3.92. The van der Waals surface area contributed by atoms with Crippen LogP contribution >= 0.6 is 38.6 Å². The van der Waals surface area contributed by atoms with E-state index in [4.69, 9.17) is 0 Å². The number of hydrogen-bond acceptors (Lipinski definition) is 4. The molecule has 0 aliphatic carbocycles. The van der Waals surface area contributed by atoms with Gasteiger partial charge >= 0.3 is 0 Å². The van der Waals surface area contributed by atoms with E-state index in [0.717, 1.165) is 21.3 Å². The van der Waals surface area contributed by atoms with E-state index >= 15 is 0 Å². The molecule has 0 bridgehead atoms. The molecule has 106 valence electrons. The molecule has 0 saturated heterocycles. The number of nitrogens with zero attached hydrogens (tertiary/aromatic N) is 1. The van der Waals surface area contributed by atoms with Gasteiger partial charge in [-0.3, -0.25) is 9.78 Å². The molecule has 0 atom stereocenters. The average molecular weight is 379 g/mol. The third-order valence-electron chi connectivity index (χ3n) is 2.92. The second kappa shape index (κ2) is 6.51. The van der Waals surface area contributed by atoms with Gasteiger partial charge in [-0.25, -0.2) is 0 Å². The maximum atomic E-state index is 12.1. The van der Waals surface area contributed by atoms with E-state index in [1.54, 1.807) is 17.5 Å². The van der Waals surface area contributed by atoms with Crippen molar-refractivity contribution in [1.29, 1.82) is 0 Å². The van der Waals surface area contributed by atoms with Crippen LogP contribution in [0.25, 0.3) is 11.3 Å². The first-order valence-corrected chi connectivity index (χ1v) is 8.84. The lowest BCUT2D eigenvalue weighted by Crippen LogP contribution is -2.22. The van der Waals surface area contributed by atoms with Gasteiger partial charge in [0.2, 0.25) is 0 Å². The maximum Gasteiger partial charge on any atom is 0.261 e. The van der Waals surface area contributed by atoms with Crippen LogP contribution in [0.15, 0.2) is 51.1 Å². The van der Waals surface area contributed by atoms with E-state index in [9.17, 15) is 4.79 Å². The molecule has 0 saturated carbocycles. The number of aromatic nitrogens is 1. The molecule has 0 spiro atoms. The van der Waals surface area contributed by atoms with Crippen molar-refractivity contribution < 1.29 is 4.79 Å². The van der Waals surface area contributed by atoms with Crippen LogP contribution in [0.2, 0.25) is 0 Å². The highest BCUT2D eigenvalue weighted by molar-refractivity contribution is 9.10. The number of thiophene rings is 2. The topological polar surface area (TPSA) is 42.0 Å². The molecule has 0 fully saturated rings. The fraction of sp³-hybridized carbons (Fsp3) is 0.0667.